The van der Waals surface area contributed by atoms with Crippen molar-refractivity contribution in [1.82, 2.24) is 0 Å². The maximum Gasteiger partial charge on any atom is 0.307 e. The molecule has 3 N–H and O–H groups in total. The molecule has 0 heterocycles. The van der Waals surface area contributed by atoms with Gasteiger partial charge in [-0.3, -0.25) is 9.59 Å². The van der Waals surface area contributed by atoms with E-state index in [1.807, 2.05) is 44.2 Å². The molecule has 0 amide bonds. The van der Waals surface area contributed by atoms with Crippen molar-refractivity contribution in [2.75, 3.05) is 0 Å². The van der Waals surface area contributed by atoms with Gasteiger partial charge in [-0.2, -0.15) is 0 Å². The molecule has 0 aliphatic heterocycles. The lowest BCUT2D eigenvalue weighted by molar-refractivity contribution is -0.143. The van der Waals surface area contributed by atoms with E-state index in [4.69, 9.17) is 5.73 Å². The van der Waals surface area contributed by atoms with Gasteiger partial charge >= 0.3 is 5.97 Å². The van der Waals surface area contributed by atoms with E-state index in [1.165, 1.54) is 0 Å². The van der Waals surface area contributed by atoms with Crippen molar-refractivity contribution in [3.63, 3.8) is 0 Å². The van der Waals surface area contributed by atoms with Crippen molar-refractivity contribution >= 4 is 11.8 Å². The zero-order chi connectivity index (χ0) is 15.1. The van der Waals surface area contributed by atoms with E-state index < -0.39 is 17.9 Å². The highest BCUT2D eigenvalue weighted by Crippen LogP contribution is 2.15. The van der Waals surface area contributed by atoms with Crippen LogP contribution in [0.2, 0.25) is 0 Å². The highest BCUT2D eigenvalue weighted by Gasteiger charge is 2.25. The van der Waals surface area contributed by atoms with E-state index in [9.17, 15) is 14.7 Å². The average Bonchev–Trinajstić information content (AvgIpc) is 2.38. The Labute approximate surface area is 120 Å². The van der Waals surface area contributed by atoms with Crippen LogP contribution in [-0.2, 0) is 16.0 Å². The van der Waals surface area contributed by atoms with Gasteiger partial charge in [0.2, 0.25) is 0 Å². The van der Waals surface area contributed by atoms with E-state index in [2.05, 4.69) is 0 Å². The molecule has 2 atom stereocenters. The number of carboxylic acids is 1. The van der Waals surface area contributed by atoms with E-state index in [1.54, 1.807) is 0 Å². The number of benzene rings is 1. The van der Waals surface area contributed by atoms with Crippen LogP contribution in [0.1, 0.15) is 32.3 Å². The van der Waals surface area contributed by atoms with Gasteiger partial charge in [0.15, 0.2) is 0 Å². The van der Waals surface area contributed by atoms with Gasteiger partial charge in [-0.1, -0.05) is 44.2 Å². The molecule has 2 unspecified atom stereocenters. The summed E-state index contributed by atoms with van der Waals surface area (Å²) in [4.78, 5) is 23.3. The van der Waals surface area contributed by atoms with E-state index in [0.717, 1.165) is 5.56 Å². The molecule has 20 heavy (non-hydrogen) atoms. The third-order valence-electron chi connectivity index (χ3n) is 3.26. The summed E-state index contributed by atoms with van der Waals surface area (Å²) >= 11 is 0. The normalized spacial score (nSPS) is 14.0. The molecule has 4 heteroatoms. The second-order valence-corrected chi connectivity index (χ2v) is 5.63. The number of carboxylic acid groups (broad SMARTS) is 1. The Morgan fingerprint density at radius 1 is 1.20 bits per heavy atom. The molecule has 0 aliphatic carbocycles. The quantitative estimate of drug-likeness (QED) is 0.763. The van der Waals surface area contributed by atoms with Crippen LogP contribution in [0.4, 0.5) is 0 Å². The molecule has 0 aliphatic rings. The van der Waals surface area contributed by atoms with E-state index >= 15 is 0 Å². The summed E-state index contributed by atoms with van der Waals surface area (Å²) in [5.74, 6) is -1.49. The Morgan fingerprint density at radius 2 is 1.80 bits per heavy atom. The third-order valence-corrected chi connectivity index (χ3v) is 3.26. The van der Waals surface area contributed by atoms with Crippen LogP contribution in [0.15, 0.2) is 30.3 Å². The lowest BCUT2D eigenvalue weighted by Gasteiger charge is -2.16. The number of hydrogen-bond acceptors (Lipinski definition) is 3. The lowest BCUT2D eigenvalue weighted by Crippen LogP contribution is -2.34. The monoisotopic (exact) mass is 277 g/mol. The molecule has 0 saturated heterocycles. The fourth-order valence-corrected chi connectivity index (χ4v) is 2.18. The lowest BCUT2D eigenvalue weighted by atomic mass is 9.90. The SMILES string of the molecule is CC(C)CC(N)C(=O)CC(Cc1ccccc1)C(=O)O. The second kappa shape index (κ2) is 7.80. The van der Waals surface area contributed by atoms with E-state index in [-0.39, 0.29) is 12.2 Å². The summed E-state index contributed by atoms with van der Waals surface area (Å²) in [5.41, 5.74) is 6.74. The summed E-state index contributed by atoms with van der Waals surface area (Å²) < 4.78 is 0. The standard InChI is InChI=1S/C16H23NO3/c1-11(2)8-14(17)15(18)10-13(16(19)20)9-12-6-4-3-5-7-12/h3-7,11,13-14H,8-10,17H2,1-2H3,(H,19,20). The Morgan fingerprint density at radius 3 is 2.30 bits per heavy atom. The molecule has 0 fully saturated rings. The Balaban J connectivity index is 2.64. The number of aliphatic carboxylic acids is 1. The van der Waals surface area contributed by atoms with Gasteiger partial charge in [-0.05, 0) is 24.3 Å². The molecular formula is C16H23NO3. The van der Waals surface area contributed by atoms with Gasteiger partial charge in [0.1, 0.15) is 5.78 Å². The summed E-state index contributed by atoms with van der Waals surface area (Å²) in [6, 6.07) is 8.78. The first kappa shape index (κ1) is 16.4. The summed E-state index contributed by atoms with van der Waals surface area (Å²) in [6.45, 7) is 3.98. The predicted molar refractivity (Wildman–Crippen MR) is 78.3 cm³/mol. The zero-order valence-electron chi connectivity index (χ0n) is 12.1. The van der Waals surface area contributed by atoms with Gasteiger partial charge in [0.25, 0.3) is 0 Å². The number of hydrogen-bond donors (Lipinski definition) is 2. The minimum atomic E-state index is -0.945. The Kier molecular flexibility index (Phi) is 6.39. The summed E-state index contributed by atoms with van der Waals surface area (Å²) in [6.07, 6.45) is 0.949. The van der Waals surface area contributed by atoms with Gasteiger partial charge in [-0.15, -0.1) is 0 Å². The molecule has 0 aromatic heterocycles. The highest BCUT2D eigenvalue weighted by molar-refractivity contribution is 5.87. The molecule has 4 nitrogen and oxygen atoms in total. The van der Waals surface area contributed by atoms with Crippen molar-refractivity contribution in [3.05, 3.63) is 35.9 Å². The number of ketones is 1. The molecule has 0 radical (unpaired) electrons. The minimum Gasteiger partial charge on any atom is -0.481 e. The van der Waals surface area contributed by atoms with Crippen LogP contribution in [0.3, 0.4) is 0 Å². The fourth-order valence-electron chi connectivity index (χ4n) is 2.18. The zero-order valence-corrected chi connectivity index (χ0v) is 12.1. The smallest absolute Gasteiger partial charge is 0.307 e. The van der Waals surface area contributed by atoms with Gasteiger partial charge in [0, 0.05) is 6.42 Å². The number of Topliss-reactive ketones (excluding diaryl/α,β-unsaturated/α-hetero) is 1. The van der Waals surface area contributed by atoms with Crippen molar-refractivity contribution in [3.8, 4) is 0 Å². The average molecular weight is 277 g/mol. The molecular weight excluding hydrogens is 254 g/mol. The Hall–Kier alpha value is -1.68. The maximum atomic E-state index is 12.0. The minimum absolute atomic E-state index is 0.00187. The third kappa shape index (κ3) is 5.53. The van der Waals surface area contributed by atoms with Crippen LogP contribution in [0, 0.1) is 11.8 Å². The first-order valence-electron chi connectivity index (χ1n) is 6.95. The molecule has 1 aromatic rings. The number of rotatable bonds is 8. The van der Waals surface area contributed by atoms with Gasteiger partial charge < -0.3 is 10.8 Å². The number of carbonyl (C=O) groups is 2. The van der Waals surface area contributed by atoms with Crippen LogP contribution in [0.5, 0.6) is 0 Å². The van der Waals surface area contributed by atoms with Gasteiger partial charge in [-0.25, -0.2) is 0 Å². The predicted octanol–water partition coefficient (Wildman–Crippen LogP) is 2.26. The summed E-state index contributed by atoms with van der Waals surface area (Å²) in [5, 5.41) is 9.25. The fraction of sp³-hybridized carbons (Fsp3) is 0.500. The number of carbonyl (C=O) groups excluding carboxylic acids is 1. The van der Waals surface area contributed by atoms with Crippen LogP contribution < -0.4 is 5.73 Å². The highest BCUT2D eigenvalue weighted by atomic mass is 16.4. The first-order chi connectivity index (χ1) is 9.40. The van der Waals surface area contributed by atoms with Crippen molar-refractivity contribution in [2.45, 2.75) is 39.2 Å². The van der Waals surface area contributed by atoms with Crippen LogP contribution in [-0.4, -0.2) is 22.9 Å². The van der Waals surface area contributed by atoms with Crippen LogP contribution in [0.25, 0.3) is 0 Å². The molecule has 1 aromatic carbocycles. The van der Waals surface area contributed by atoms with Crippen molar-refractivity contribution in [1.29, 1.82) is 0 Å². The van der Waals surface area contributed by atoms with E-state index in [0.29, 0.717) is 18.8 Å². The molecule has 0 saturated carbocycles. The molecule has 110 valence electrons. The first-order valence-corrected chi connectivity index (χ1v) is 6.95. The Bertz CT molecular complexity index is 442. The maximum absolute atomic E-state index is 12.0. The molecule has 1 rings (SSSR count). The number of nitrogens with two attached hydrogens (primary N) is 1. The molecule has 0 spiro atoms. The van der Waals surface area contributed by atoms with Crippen molar-refractivity contribution in [2.24, 2.45) is 17.6 Å². The largest absolute Gasteiger partial charge is 0.481 e. The van der Waals surface area contributed by atoms with Crippen molar-refractivity contribution < 1.29 is 14.7 Å². The van der Waals surface area contributed by atoms with Gasteiger partial charge in [0.05, 0.1) is 12.0 Å². The van der Waals surface area contributed by atoms with Crippen LogP contribution >= 0.6 is 0 Å². The summed E-state index contributed by atoms with van der Waals surface area (Å²) in [7, 11) is 0. The topological polar surface area (TPSA) is 80.4 Å². The molecule has 0 bridgehead atoms. The second-order valence-electron chi connectivity index (χ2n) is 5.63.